The van der Waals surface area contributed by atoms with Crippen LogP contribution < -0.4 is 4.74 Å². The molecule has 1 aromatic rings. The molecule has 0 fully saturated rings. The molecule has 0 heterocycles. The second kappa shape index (κ2) is 5.08. The van der Waals surface area contributed by atoms with Crippen LogP contribution in [0.3, 0.4) is 0 Å². The molecule has 18 heavy (non-hydrogen) atoms. The van der Waals surface area contributed by atoms with Crippen molar-refractivity contribution in [2.75, 3.05) is 6.61 Å². The van der Waals surface area contributed by atoms with Crippen LogP contribution in [0.4, 0.5) is 4.39 Å². The fourth-order valence-corrected chi connectivity index (χ4v) is 1.56. The molecule has 0 bridgehead atoms. The molecule has 3 heteroatoms. The molecule has 0 aliphatic heterocycles. The molecule has 0 amide bonds. The van der Waals surface area contributed by atoms with Gasteiger partial charge >= 0.3 is 0 Å². The first-order chi connectivity index (χ1) is 8.00. The van der Waals surface area contributed by atoms with Gasteiger partial charge in [-0.05, 0) is 28.5 Å². The molecule has 0 radical (unpaired) electrons. The minimum absolute atomic E-state index is 0.0115. The molecule has 1 nitrogen and oxygen atoms in total. The molecule has 0 atom stereocenters. The number of benzene rings is 1. The first-order valence-electron chi connectivity index (χ1n) is 6.13. The van der Waals surface area contributed by atoms with Crippen molar-refractivity contribution >= 4 is 11.6 Å². The van der Waals surface area contributed by atoms with E-state index in [1.54, 1.807) is 0 Å². The summed E-state index contributed by atoms with van der Waals surface area (Å²) in [6, 6.07) is 3.31. The Labute approximate surface area is 114 Å². The van der Waals surface area contributed by atoms with Gasteiger partial charge in [0.05, 0.1) is 6.61 Å². The normalized spacial score (nSPS) is 12.7. The standard InChI is InChI=1S/C15H22ClFO/c1-14(2,3)9-18-12-8-10(15(4,5)6)7-11(17)13(12)16/h7-8H,9H2,1-6H3. The molecule has 0 spiro atoms. The number of hydrogen-bond acceptors (Lipinski definition) is 1. The monoisotopic (exact) mass is 272 g/mol. The van der Waals surface area contributed by atoms with E-state index in [0.717, 1.165) is 5.56 Å². The predicted molar refractivity (Wildman–Crippen MR) is 75.1 cm³/mol. The lowest BCUT2D eigenvalue weighted by atomic mass is 9.87. The third-order valence-corrected chi connectivity index (χ3v) is 2.89. The summed E-state index contributed by atoms with van der Waals surface area (Å²) in [7, 11) is 0. The Kier molecular flexibility index (Phi) is 4.32. The number of halogens is 2. The molecule has 0 saturated heterocycles. The van der Waals surface area contributed by atoms with E-state index in [1.807, 2.05) is 26.8 Å². The Morgan fingerprint density at radius 1 is 1.11 bits per heavy atom. The summed E-state index contributed by atoms with van der Waals surface area (Å²) in [5, 5.41) is 0.0623. The molecule has 0 unspecified atom stereocenters. The van der Waals surface area contributed by atoms with E-state index in [4.69, 9.17) is 16.3 Å². The van der Waals surface area contributed by atoms with Gasteiger partial charge in [-0.3, -0.25) is 0 Å². The van der Waals surface area contributed by atoms with Crippen LogP contribution in [0, 0.1) is 11.2 Å². The van der Waals surface area contributed by atoms with E-state index in [9.17, 15) is 4.39 Å². The van der Waals surface area contributed by atoms with Gasteiger partial charge in [0, 0.05) is 0 Å². The summed E-state index contributed by atoms with van der Waals surface area (Å²) >= 11 is 5.94. The van der Waals surface area contributed by atoms with E-state index in [-0.39, 0.29) is 15.9 Å². The molecule has 0 aliphatic rings. The highest BCUT2D eigenvalue weighted by atomic mass is 35.5. The molecule has 0 saturated carbocycles. The number of ether oxygens (including phenoxy) is 1. The van der Waals surface area contributed by atoms with E-state index in [2.05, 4.69) is 20.8 Å². The highest BCUT2D eigenvalue weighted by Crippen LogP contribution is 2.34. The van der Waals surface area contributed by atoms with E-state index >= 15 is 0 Å². The zero-order valence-corrected chi connectivity index (χ0v) is 12.8. The van der Waals surface area contributed by atoms with Crippen LogP contribution in [0.15, 0.2) is 12.1 Å². The van der Waals surface area contributed by atoms with Gasteiger partial charge in [-0.2, -0.15) is 0 Å². The lowest BCUT2D eigenvalue weighted by molar-refractivity contribution is 0.197. The van der Waals surface area contributed by atoms with Crippen molar-refractivity contribution in [1.82, 2.24) is 0 Å². The smallest absolute Gasteiger partial charge is 0.145 e. The van der Waals surface area contributed by atoms with Crippen molar-refractivity contribution in [2.45, 2.75) is 47.0 Å². The quantitative estimate of drug-likeness (QED) is 0.719. The first kappa shape index (κ1) is 15.3. The zero-order valence-electron chi connectivity index (χ0n) is 12.0. The van der Waals surface area contributed by atoms with Gasteiger partial charge < -0.3 is 4.74 Å². The van der Waals surface area contributed by atoms with Crippen molar-refractivity contribution in [3.05, 3.63) is 28.5 Å². The molecule has 1 rings (SSSR count). The second-order valence-corrected chi connectivity index (χ2v) is 7.25. The van der Waals surface area contributed by atoms with Crippen LogP contribution in [0.2, 0.25) is 5.02 Å². The zero-order chi connectivity index (χ0) is 14.1. The third kappa shape index (κ3) is 4.16. The van der Waals surface area contributed by atoms with Gasteiger partial charge in [0.25, 0.3) is 0 Å². The van der Waals surface area contributed by atoms with Gasteiger partial charge in [0.2, 0.25) is 0 Å². The molecule has 102 valence electrons. The average Bonchev–Trinajstić information content (AvgIpc) is 2.17. The Morgan fingerprint density at radius 2 is 1.67 bits per heavy atom. The Morgan fingerprint density at radius 3 is 2.11 bits per heavy atom. The largest absolute Gasteiger partial charge is 0.491 e. The van der Waals surface area contributed by atoms with Crippen molar-refractivity contribution in [3.63, 3.8) is 0 Å². The summed E-state index contributed by atoms with van der Waals surface area (Å²) in [6.07, 6.45) is 0. The molecular formula is C15H22ClFO. The van der Waals surface area contributed by atoms with Crippen LogP contribution in [0.1, 0.15) is 47.1 Å². The fourth-order valence-electron chi connectivity index (χ4n) is 1.40. The van der Waals surface area contributed by atoms with Gasteiger partial charge in [-0.15, -0.1) is 0 Å². The summed E-state index contributed by atoms with van der Waals surface area (Å²) < 4.78 is 19.4. The number of hydrogen-bond donors (Lipinski definition) is 0. The maximum Gasteiger partial charge on any atom is 0.145 e. The Balaban J connectivity index is 3.07. The summed E-state index contributed by atoms with van der Waals surface area (Å²) in [6.45, 7) is 12.8. The van der Waals surface area contributed by atoms with Crippen LogP contribution in [-0.4, -0.2) is 6.61 Å². The lowest BCUT2D eigenvalue weighted by Gasteiger charge is -2.23. The van der Waals surface area contributed by atoms with Gasteiger partial charge in [0.1, 0.15) is 16.6 Å². The molecule has 0 N–H and O–H groups in total. The van der Waals surface area contributed by atoms with Crippen molar-refractivity contribution < 1.29 is 9.13 Å². The molecular weight excluding hydrogens is 251 g/mol. The van der Waals surface area contributed by atoms with Crippen LogP contribution in [0.25, 0.3) is 0 Å². The van der Waals surface area contributed by atoms with Crippen molar-refractivity contribution in [2.24, 2.45) is 5.41 Å². The van der Waals surface area contributed by atoms with Gasteiger partial charge in [-0.25, -0.2) is 4.39 Å². The van der Waals surface area contributed by atoms with E-state index < -0.39 is 5.82 Å². The minimum atomic E-state index is -0.423. The summed E-state index contributed by atoms with van der Waals surface area (Å²) in [5.74, 6) is 0.00418. The highest BCUT2D eigenvalue weighted by molar-refractivity contribution is 6.32. The third-order valence-electron chi connectivity index (χ3n) is 2.52. The molecule has 0 aromatic heterocycles. The van der Waals surface area contributed by atoms with E-state index in [1.165, 1.54) is 6.07 Å². The van der Waals surface area contributed by atoms with Crippen molar-refractivity contribution in [1.29, 1.82) is 0 Å². The molecule has 1 aromatic carbocycles. The van der Waals surface area contributed by atoms with E-state index in [0.29, 0.717) is 12.4 Å². The summed E-state index contributed by atoms with van der Waals surface area (Å²) in [4.78, 5) is 0. The fraction of sp³-hybridized carbons (Fsp3) is 0.600. The average molecular weight is 273 g/mol. The van der Waals surface area contributed by atoms with Crippen LogP contribution in [-0.2, 0) is 5.41 Å². The van der Waals surface area contributed by atoms with Gasteiger partial charge in [0.15, 0.2) is 0 Å². The van der Waals surface area contributed by atoms with Crippen LogP contribution >= 0.6 is 11.6 Å². The maximum absolute atomic E-state index is 13.8. The minimum Gasteiger partial charge on any atom is -0.491 e. The number of rotatable bonds is 2. The first-order valence-corrected chi connectivity index (χ1v) is 6.51. The SMILES string of the molecule is CC(C)(C)COc1cc(C(C)(C)C)cc(F)c1Cl. The Hall–Kier alpha value is -0.760. The summed E-state index contributed by atoms with van der Waals surface area (Å²) in [5.41, 5.74) is 0.760. The predicted octanol–water partition coefficient (Wildman–Crippen LogP) is 5.20. The van der Waals surface area contributed by atoms with Crippen molar-refractivity contribution in [3.8, 4) is 5.75 Å². The molecule has 0 aliphatic carbocycles. The second-order valence-electron chi connectivity index (χ2n) is 6.87. The highest BCUT2D eigenvalue weighted by Gasteiger charge is 2.20. The lowest BCUT2D eigenvalue weighted by Crippen LogP contribution is -2.18. The maximum atomic E-state index is 13.8. The topological polar surface area (TPSA) is 9.23 Å². The Bertz CT molecular complexity index is 427. The van der Waals surface area contributed by atoms with Crippen LogP contribution in [0.5, 0.6) is 5.75 Å². The van der Waals surface area contributed by atoms with Gasteiger partial charge in [-0.1, -0.05) is 53.1 Å².